The van der Waals surface area contributed by atoms with E-state index in [4.69, 9.17) is 5.11 Å². The van der Waals surface area contributed by atoms with Crippen LogP contribution < -0.4 is 21.5 Å². The normalized spacial score (nSPS) is 10.4. The summed E-state index contributed by atoms with van der Waals surface area (Å²) >= 11 is 0. The zero-order valence-corrected chi connectivity index (χ0v) is 11.0. The maximum Gasteiger partial charge on any atom is 0.243 e. The van der Waals surface area contributed by atoms with Gasteiger partial charge in [0.1, 0.15) is 12.4 Å². The first kappa shape index (κ1) is 14.6. The third-order valence-electron chi connectivity index (χ3n) is 2.26. The zero-order valence-electron chi connectivity index (χ0n) is 9.43. The smallest absolute Gasteiger partial charge is 0.243 e. The van der Waals surface area contributed by atoms with Crippen LogP contribution >= 0.6 is 0 Å². The molecule has 0 bridgehead atoms. The van der Waals surface area contributed by atoms with Crippen LogP contribution in [0.25, 0.3) is 0 Å². The van der Waals surface area contributed by atoms with Crippen molar-refractivity contribution < 1.29 is 26.7 Å². The molecule has 1 heterocycles. The topological polar surface area (TPSA) is 32.3 Å². The van der Waals surface area contributed by atoms with Gasteiger partial charge < -0.3 is 27.0 Å². The van der Waals surface area contributed by atoms with Gasteiger partial charge in [0, 0.05) is 13.1 Å². The van der Waals surface area contributed by atoms with Gasteiger partial charge in [0.25, 0.3) is 0 Å². The molecule has 0 aliphatic carbocycles. The molecule has 0 aliphatic rings. The van der Waals surface area contributed by atoms with Crippen molar-refractivity contribution in [3.8, 4) is 0 Å². The van der Waals surface area contributed by atoms with Gasteiger partial charge in [-0.05, 0) is 13.5 Å². The Morgan fingerprint density at radius 2 is 2.13 bits per heavy atom. The second kappa shape index (κ2) is 7.84. The second-order valence-corrected chi connectivity index (χ2v) is 3.70. The maximum atomic E-state index is 8.71. The van der Waals surface area contributed by atoms with E-state index in [2.05, 4.69) is 22.0 Å². The lowest BCUT2D eigenvalue weighted by Gasteiger charge is -2.13. The van der Waals surface area contributed by atoms with E-state index in [0.717, 1.165) is 26.1 Å². The Kier molecular flexibility index (Phi) is 7.64. The van der Waals surface area contributed by atoms with Gasteiger partial charge in [0.15, 0.2) is 0 Å². The highest BCUT2D eigenvalue weighted by Crippen LogP contribution is 1.92. The SMILES string of the molecule is CN(CCO)CCCn1cc[n+](C)c1.[Br-]. The molecule has 0 atom stereocenters. The number of rotatable bonds is 6. The van der Waals surface area contributed by atoms with Crippen LogP contribution in [0.2, 0.25) is 0 Å². The quantitative estimate of drug-likeness (QED) is 0.551. The van der Waals surface area contributed by atoms with E-state index in [1.54, 1.807) is 0 Å². The van der Waals surface area contributed by atoms with Crippen LogP contribution in [0.3, 0.4) is 0 Å². The van der Waals surface area contributed by atoms with Gasteiger partial charge in [-0.3, -0.25) is 0 Å². The van der Waals surface area contributed by atoms with Crippen LogP contribution in [0.5, 0.6) is 0 Å². The van der Waals surface area contributed by atoms with Crippen LogP contribution in [-0.4, -0.2) is 41.3 Å². The predicted molar refractivity (Wildman–Crippen MR) is 54.8 cm³/mol. The highest BCUT2D eigenvalue weighted by Gasteiger charge is 2.01. The Labute approximate surface area is 102 Å². The molecule has 0 aliphatic heterocycles. The van der Waals surface area contributed by atoms with Crippen molar-refractivity contribution >= 4 is 0 Å². The summed E-state index contributed by atoms with van der Waals surface area (Å²) < 4.78 is 4.21. The summed E-state index contributed by atoms with van der Waals surface area (Å²) in [5.41, 5.74) is 0. The number of imidazole rings is 1. The van der Waals surface area contributed by atoms with Crippen LogP contribution in [0.4, 0.5) is 0 Å². The number of hydrogen-bond donors (Lipinski definition) is 1. The van der Waals surface area contributed by atoms with E-state index in [9.17, 15) is 0 Å². The van der Waals surface area contributed by atoms with Gasteiger partial charge in [-0.1, -0.05) is 0 Å². The second-order valence-electron chi connectivity index (χ2n) is 3.70. The van der Waals surface area contributed by atoms with Gasteiger partial charge in [0.05, 0.1) is 20.2 Å². The third-order valence-corrected chi connectivity index (χ3v) is 2.26. The monoisotopic (exact) mass is 277 g/mol. The van der Waals surface area contributed by atoms with E-state index in [1.165, 1.54) is 0 Å². The molecule has 0 saturated heterocycles. The van der Waals surface area contributed by atoms with Crippen molar-refractivity contribution in [3.05, 3.63) is 18.7 Å². The fourth-order valence-electron chi connectivity index (χ4n) is 1.44. The summed E-state index contributed by atoms with van der Waals surface area (Å²) in [7, 11) is 4.06. The average Bonchev–Trinajstić information content (AvgIpc) is 2.52. The number of aliphatic hydroxyl groups is 1. The molecular formula is C10H20BrN3O. The van der Waals surface area contributed by atoms with Gasteiger partial charge >= 0.3 is 0 Å². The zero-order chi connectivity index (χ0) is 10.4. The number of likely N-dealkylation sites (N-methyl/N-ethyl adjacent to an activating group) is 1. The summed E-state index contributed by atoms with van der Waals surface area (Å²) in [5.74, 6) is 0. The summed E-state index contributed by atoms with van der Waals surface area (Å²) in [4.78, 5) is 2.14. The molecule has 15 heavy (non-hydrogen) atoms. The van der Waals surface area contributed by atoms with Gasteiger partial charge in [-0.25, -0.2) is 9.13 Å². The Morgan fingerprint density at radius 3 is 2.67 bits per heavy atom. The van der Waals surface area contributed by atoms with Crippen LogP contribution in [0, 0.1) is 0 Å². The van der Waals surface area contributed by atoms with E-state index < -0.39 is 0 Å². The van der Waals surface area contributed by atoms with Gasteiger partial charge in [-0.2, -0.15) is 0 Å². The molecular weight excluding hydrogens is 258 g/mol. The van der Waals surface area contributed by atoms with E-state index in [-0.39, 0.29) is 23.6 Å². The van der Waals surface area contributed by atoms with Crippen molar-refractivity contribution in [3.63, 3.8) is 0 Å². The molecule has 0 unspecified atom stereocenters. The predicted octanol–water partition coefficient (Wildman–Crippen LogP) is -3.37. The molecule has 88 valence electrons. The molecule has 0 spiro atoms. The largest absolute Gasteiger partial charge is 1.00 e. The number of aromatic nitrogens is 2. The number of aliphatic hydroxyl groups excluding tert-OH is 1. The van der Waals surface area contributed by atoms with Crippen molar-refractivity contribution in [2.75, 3.05) is 26.7 Å². The Morgan fingerprint density at radius 1 is 1.40 bits per heavy atom. The van der Waals surface area contributed by atoms with Gasteiger partial charge in [-0.15, -0.1) is 0 Å². The molecule has 5 heteroatoms. The first-order chi connectivity index (χ1) is 6.72. The molecule has 0 saturated carbocycles. The summed E-state index contributed by atoms with van der Waals surface area (Å²) in [6.45, 7) is 3.08. The van der Waals surface area contributed by atoms with E-state index in [1.807, 2.05) is 24.9 Å². The Hall–Kier alpha value is -0.390. The fourth-order valence-corrected chi connectivity index (χ4v) is 1.44. The maximum absolute atomic E-state index is 8.71. The Bertz CT molecular complexity index is 265. The highest BCUT2D eigenvalue weighted by atomic mass is 79.9. The lowest BCUT2D eigenvalue weighted by molar-refractivity contribution is -0.671. The lowest BCUT2D eigenvalue weighted by Crippen LogP contribution is -3.00. The number of halogens is 1. The molecule has 1 aromatic heterocycles. The molecule has 0 amide bonds. The minimum absolute atomic E-state index is 0. The minimum Gasteiger partial charge on any atom is -1.00 e. The standard InChI is InChI=1S/C10H20N3O.BrH/c1-11(8-9-14)4-3-5-13-7-6-12(2)10-13;/h6-7,10,14H,3-5,8-9H2,1-2H3;1H/q+1;/p-1. The van der Waals surface area contributed by atoms with Crippen LogP contribution in [-0.2, 0) is 13.6 Å². The summed E-state index contributed by atoms with van der Waals surface area (Å²) in [6.07, 6.45) is 7.31. The van der Waals surface area contributed by atoms with Gasteiger partial charge in [0.2, 0.25) is 6.33 Å². The number of hydrogen-bond acceptors (Lipinski definition) is 2. The molecule has 0 fully saturated rings. The molecule has 0 radical (unpaired) electrons. The minimum atomic E-state index is 0. The summed E-state index contributed by atoms with van der Waals surface area (Å²) in [6, 6.07) is 0. The fraction of sp³-hybridized carbons (Fsp3) is 0.700. The third kappa shape index (κ3) is 5.92. The number of nitrogens with zero attached hydrogens (tertiary/aromatic N) is 3. The molecule has 4 nitrogen and oxygen atoms in total. The van der Waals surface area contributed by atoms with Crippen molar-refractivity contribution in [1.82, 2.24) is 9.47 Å². The van der Waals surface area contributed by atoms with Crippen LogP contribution in [0.1, 0.15) is 6.42 Å². The first-order valence-corrected chi connectivity index (χ1v) is 5.03. The van der Waals surface area contributed by atoms with Crippen LogP contribution in [0.15, 0.2) is 18.7 Å². The Balaban J connectivity index is 0.00000196. The highest BCUT2D eigenvalue weighted by molar-refractivity contribution is 4.66. The average molecular weight is 278 g/mol. The molecule has 1 rings (SSSR count). The molecule has 1 N–H and O–H groups in total. The molecule has 0 aromatic carbocycles. The van der Waals surface area contributed by atoms with E-state index in [0.29, 0.717) is 0 Å². The van der Waals surface area contributed by atoms with Crippen molar-refractivity contribution in [2.24, 2.45) is 7.05 Å². The van der Waals surface area contributed by atoms with Crippen molar-refractivity contribution in [2.45, 2.75) is 13.0 Å². The van der Waals surface area contributed by atoms with Crippen molar-refractivity contribution in [1.29, 1.82) is 0 Å². The first-order valence-electron chi connectivity index (χ1n) is 5.03. The molecule has 1 aromatic rings. The summed E-state index contributed by atoms with van der Waals surface area (Å²) in [5, 5.41) is 8.71. The lowest BCUT2D eigenvalue weighted by atomic mass is 10.4. The van der Waals surface area contributed by atoms with E-state index >= 15 is 0 Å². The number of aryl methyl sites for hydroxylation is 2.